The SMILES string of the molecule is NC(=O)NCCNc1cc(Cl)ccc1C(N)=S. The highest BCUT2D eigenvalue weighted by atomic mass is 35.5. The lowest BCUT2D eigenvalue weighted by Crippen LogP contribution is -2.33. The molecular formula is C10H13ClN4OS. The van der Waals surface area contributed by atoms with E-state index in [-0.39, 0.29) is 4.99 Å². The zero-order valence-corrected chi connectivity index (χ0v) is 10.6. The van der Waals surface area contributed by atoms with Gasteiger partial charge in [0.2, 0.25) is 0 Å². The largest absolute Gasteiger partial charge is 0.389 e. The summed E-state index contributed by atoms with van der Waals surface area (Å²) in [6.07, 6.45) is 0. The number of nitrogens with two attached hydrogens (primary N) is 2. The Kier molecular flexibility index (Phi) is 4.99. The lowest BCUT2D eigenvalue weighted by Gasteiger charge is -2.11. The average molecular weight is 273 g/mol. The first-order valence-corrected chi connectivity index (χ1v) is 5.66. The van der Waals surface area contributed by atoms with E-state index in [4.69, 9.17) is 35.3 Å². The standard InChI is InChI=1S/C10H13ClN4OS/c11-6-1-2-7(9(12)17)8(5-6)14-3-4-15-10(13)16/h1-2,5,14H,3-4H2,(H2,12,17)(H3,13,15,16). The number of primary amides is 1. The number of carbonyl (C=O) groups is 1. The second-order valence-corrected chi connectivity index (χ2v) is 4.15. The number of hydrogen-bond donors (Lipinski definition) is 4. The topological polar surface area (TPSA) is 93.2 Å². The molecule has 17 heavy (non-hydrogen) atoms. The van der Waals surface area contributed by atoms with E-state index in [9.17, 15) is 4.79 Å². The number of benzene rings is 1. The molecule has 6 N–H and O–H groups in total. The Bertz CT molecular complexity index is 438. The molecule has 0 fully saturated rings. The van der Waals surface area contributed by atoms with Gasteiger partial charge in [0.05, 0.1) is 0 Å². The van der Waals surface area contributed by atoms with Crippen LogP contribution in [0.25, 0.3) is 0 Å². The highest BCUT2D eigenvalue weighted by molar-refractivity contribution is 7.80. The van der Waals surface area contributed by atoms with Crippen molar-refractivity contribution in [3.63, 3.8) is 0 Å². The lowest BCUT2D eigenvalue weighted by molar-refractivity contribution is 0.249. The molecule has 1 aromatic carbocycles. The van der Waals surface area contributed by atoms with Gasteiger partial charge in [0.25, 0.3) is 0 Å². The second kappa shape index (κ2) is 6.27. The van der Waals surface area contributed by atoms with E-state index in [1.54, 1.807) is 18.2 Å². The molecule has 7 heteroatoms. The first kappa shape index (κ1) is 13.5. The summed E-state index contributed by atoms with van der Waals surface area (Å²) in [6.45, 7) is 0.900. The molecule has 0 unspecified atom stereocenters. The Balaban J connectivity index is 2.65. The predicted molar refractivity (Wildman–Crippen MR) is 73.4 cm³/mol. The van der Waals surface area contributed by atoms with E-state index in [0.29, 0.717) is 23.7 Å². The maximum Gasteiger partial charge on any atom is 0.312 e. The summed E-state index contributed by atoms with van der Waals surface area (Å²) >= 11 is 10.8. The zero-order chi connectivity index (χ0) is 12.8. The van der Waals surface area contributed by atoms with E-state index >= 15 is 0 Å². The Labute approximate surface area is 109 Å². The van der Waals surface area contributed by atoms with E-state index < -0.39 is 6.03 Å². The minimum atomic E-state index is -0.563. The highest BCUT2D eigenvalue weighted by Gasteiger charge is 2.05. The molecule has 0 spiro atoms. The molecule has 5 nitrogen and oxygen atoms in total. The molecule has 0 radical (unpaired) electrons. The van der Waals surface area contributed by atoms with Crippen molar-refractivity contribution in [3.05, 3.63) is 28.8 Å². The molecule has 0 aliphatic carbocycles. The summed E-state index contributed by atoms with van der Waals surface area (Å²) in [4.78, 5) is 10.7. The third-order valence-electron chi connectivity index (χ3n) is 1.99. The minimum Gasteiger partial charge on any atom is -0.389 e. The minimum absolute atomic E-state index is 0.284. The number of nitrogens with one attached hydrogen (secondary N) is 2. The number of carbonyl (C=O) groups excluding carboxylic acids is 1. The number of amides is 2. The monoisotopic (exact) mass is 272 g/mol. The van der Waals surface area contributed by atoms with Crippen LogP contribution in [0.2, 0.25) is 5.02 Å². The fourth-order valence-electron chi connectivity index (χ4n) is 1.26. The van der Waals surface area contributed by atoms with Crippen LogP contribution in [0.5, 0.6) is 0 Å². The number of rotatable bonds is 5. The van der Waals surface area contributed by atoms with Gasteiger partial charge < -0.3 is 22.1 Å². The first-order chi connectivity index (χ1) is 8.00. The van der Waals surface area contributed by atoms with Crippen LogP contribution in [0.3, 0.4) is 0 Å². The van der Waals surface area contributed by atoms with Crippen LogP contribution in [0.4, 0.5) is 10.5 Å². The predicted octanol–water partition coefficient (Wildman–Crippen LogP) is 1.05. The van der Waals surface area contributed by atoms with Crippen molar-refractivity contribution in [3.8, 4) is 0 Å². The van der Waals surface area contributed by atoms with Crippen molar-refractivity contribution in [2.24, 2.45) is 11.5 Å². The van der Waals surface area contributed by atoms with E-state index in [2.05, 4.69) is 10.6 Å². The van der Waals surface area contributed by atoms with Gasteiger partial charge in [-0.15, -0.1) is 0 Å². The van der Waals surface area contributed by atoms with Gasteiger partial charge in [-0.1, -0.05) is 23.8 Å². The number of hydrogen-bond acceptors (Lipinski definition) is 3. The van der Waals surface area contributed by atoms with Crippen molar-refractivity contribution in [1.29, 1.82) is 0 Å². The summed E-state index contributed by atoms with van der Waals surface area (Å²) in [6, 6.07) is 4.62. The van der Waals surface area contributed by atoms with Crippen molar-refractivity contribution < 1.29 is 4.79 Å². The van der Waals surface area contributed by atoms with Crippen molar-refractivity contribution >= 4 is 40.5 Å². The van der Waals surface area contributed by atoms with E-state index in [0.717, 1.165) is 5.69 Å². The maximum absolute atomic E-state index is 10.5. The molecule has 2 amide bonds. The van der Waals surface area contributed by atoms with Crippen molar-refractivity contribution in [2.75, 3.05) is 18.4 Å². The molecule has 1 rings (SSSR count). The van der Waals surface area contributed by atoms with Gasteiger partial charge in [0, 0.05) is 29.4 Å². The van der Waals surface area contributed by atoms with Crippen molar-refractivity contribution in [2.45, 2.75) is 0 Å². The molecular weight excluding hydrogens is 260 g/mol. The van der Waals surface area contributed by atoms with Gasteiger partial charge in [0.15, 0.2) is 0 Å². The molecule has 1 aromatic rings. The maximum atomic E-state index is 10.5. The van der Waals surface area contributed by atoms with Gasteiger partial charge in [-0.05, 0) is 18.2 Å². The second-order valence-electron chi connectivity index (χ2n) is 3.27. The van der Waals surface area contributed by atoms with E-state index in [1.165, 1.54) is 0 Å². The molecule has 0 aliphatic rings. The lowest BCUT2D eigenvalue weighted by atomic mass is 10.2. The van der Waals surface area contributed by atoms with Gasteiger partial charge >= 0.3 is 6.03 Å². The third-order valence-corrected chi connectivity index (χ3v) is 2.44. The van der Waals surface area contributed by atoms with Gasteiger partial charge in [-0.25, -0.2) is 4.79 Å². The van der Waals surface area contributed by atoms with Gasteiger partial charge in [-0.2, -0.15) is 0 Å². The Morgan fingerprint density at radius 2 is 2.06 bits per heavy atom. The van der Waals surface area contributed by atoms with Crippen LogP contribution in [0.15, 0.2) is 18.2 Å². The van der Waals surface area contributed by atoms with Crippen LogP contribution in [0.1, 0.15) is 5.56 Å². The normalized spacial score (nSPS) is 9.71. The molecule has 0 aliphatic heterocycles. The van der Waals surface area contributed by atoms with E-state index in [1.807, 2.05) is 0 Å². The quantitative estimate of drug-likeness (QED) is 0.476. The number of thiocarbonyl (C=S) groups is 1. The molecule has 0 aromatic heterocycles. The first-order valence-electron chi connectivity index (χ1n) is 4.87. The summed E-state index contributed by atoms with van der Waals surface area (Å²) in [7, 11) is 0. The van der Waals surface area contributed by atoms with Gasteiger partial charge in [-0.3, -0.25) is 0 Å². The molecule has 0 bridgehead atoms. The number of halogens is 1. The smallest absolute Gasteiger partial charge is 0.312 e. The molecule has 92 valence electrons. The van der Waals surface area contributed by atoms with Crippen molar-refractivity contribution in [1.82, 2.24) is 5.32 Å². The van der Waals surface area contributed by atoms with Crippen LogP contribution in [0, 0.1) is 0 Å². The summed E-state index contributed by atoms with van der Waals surface area (Å²) < 4.78 is 0. The Morgan fingerprint density at radius 3 is 2.65 bits per heavy atom. The fourth-order valence-corrected chi connectivity index (χ4v) is 1.61. The molecule has 0 atom stereocenters. The molecule has 0 saturated carbocycles. The molecule has 0 saturated heterocycles. The third kappa shape index (κ3) is 4.46. The summed E-state index contributed by atoms with van der Waals surface area (Å²) in [5.41, 5.74) is 12.0. The fraction of sp³-hybridized carbons (Fsp3) is 0.200. The Hall–Kier alpha value is -1.53. The van der Waals surface area contributed by atoms with Crippen LogP contribution in [-0.4, -0.2) is 24.1 Å². The van der Waals surface area contributed by atoms with Gasteiger partial charge in [0.1, 0.15) is 4.99 Å². The Morgan fingerprint density at radius 1 is 1.35 bits per heavy atom. The van der Waals surface area contributed by atoms with Crippen LogP contribution < -0.4 is 22.1 Å². The van der Waals surface area contributed by atoms with Crippen LogP contribution >= 0.6 is 23.8 Å². The number of urea groups is 1. The summed E-state index contributed by atoms with van der Waals surface area (Å²) in [5, 5.41) is 6.11. The highest BCUT2D eigenvalue weighted by Crippen LogP contribution is 2.20. The van der Waals surface area contributed by atoms with Crippen LogP contribution in [-0.2, 0) is 0 Å². The summed E-state index contributed by atoms with van der Waals surface area (Å²) in [5.74, 6) is 0. The average Bonchev–Trinajstić information content (AvgIpc) is 2.23. The number of anilines is 1. The zero-order valence-electron chi connectivity index (χ0n) is 9.00. The molecule has 0 heterocycles.